The molecule has 2 atom stereocenters. The summed E-state index contributed by atoms with van der Waals surface area (Å²) >= 11 is 0. The fraction of sp³-hybridized carbons (Fsp3) is 0.643. The molecule has 1 aromatic rings. The molecule has 0 radical (unpaired) electrons. The van der Waals surface area contributed by atoms with Crippen molar-refractivity contribution in [3.05, 3.63) is 17.5 Å². The number of rotatable bonds is 5. The predicted octanol–water partition coefficient (Wildman–Crippen LogP) is 0.0874. The molecule has 3 rings (SSSR count). The van der Waals surface area contributed by atoms with E-state index in [1.807, 2.05) is 11.8 Å². The van der Waals surface area contributed by atoms with Crippen molar-refractivity contribution >= 4 is 11.8 Å². The van der Waals surface area contributed by atoms with Crippen LogP contribution >= 0.6 is 0 Å². The number of carbonyl (C=O) groups excluding carboxylic acids is 2. The maximum Gasteiger partial charge on any atom is 0.273 e. The molecule has 0 aromatic carbocycles. The van der Waals surface area contributed by atoms with Gasteiger partial charge >= 0.3 is 0 Å². The highest BCUT2D eigenvalue weighted by molar-refractivity contribution is 5.92. The van der Waals surface area contributed by atoms with Gasteiger partial charge in [0.05, 0.1) is 6.54 Å². The molecule has 7 nitrogen and oxygen atoms in total. The largest absolute Gasteiger partial charge is 0.369 e. The topological polar surface area (TPSA) is 101 Å². The van der Waals surface area contributed by atoms with Gasteiger partial charge in [-0.15, -0.1) is 0 Å². The molecule has 1 aliphatic carbocycles. The Kier molecular flexibility index (Phi) is 3.67. The van der Waals surface area contributed by atoms with E-state index in [1.165, 1.54) is 0 Å². The van der Waals surface area contributed by atoms with Crippen LogP contribution in [0, 0.1) is 5.92 Å². The molecule has 2 heterocycles. The number of hydrogen-bond acceptors (Lipinski definition) is 5. The zero-order valence-electron chi connectivity index (χ0n) is 12.0. The fourth-order valence-electron chi connectivity index (χ4n) is 2.80. The quantitative estimate of drug-likeness (QED) is 0.800. The van der Waals surface area contributed by atoms with Crippen LogP contribution in [0.15, 0.2) is 10.6 Å². The summed E-state index contributed by atoms with van der Waals surface area (Å²) < 4.78 is 5.19. The van der Waals surface area contributed by atoms with Gasteiger partial charge < -0.3 is 15.6 Å². The van der Waals surface area contributed by atoms with E-state index in [9.17, 15) is 9.59 Å². The van der Waals surface area contributed by atoms with E-state index in [4.69, 9.17) is 10.3 Å². The smallest absolute Gasteiger partial charge is 0.273 e. The van der Waals surface area contributed by atoms with Crippen LogP contribution in [0.1, 0.15) is 41.9 Å². The Bertz CT molecular complexity index is 552. The zero-order valence-corrected chi connectivity index (χ0v) is 12.0. The number of carbonyl (C=O) groups is 2. The maximum absolute atomic E-state index is 12.2. The molecule has 1 saturated heterocycles. The van der Waals surface area contributed by atoms with E-state index in [2.05, 4.69) is 10.5 Å². The number of likely N-dealkylation sites (tertiary alicyclic amines) is 1. The highest BCUT2D eigenvalue weighted by Crippen LogP contribution is 2.40. The van der Waals surface area contributed by atoms with Gasteiger partial charge in [0.15, 0.2) is 5.69 Å². The van der Waals surface area contributed by atoms with Gasteiger partial charge in [0, 0.05) is 31.1 Å². The van der Waals surface area contributed by atoms with Gasteiger partial charge in [-0.3, -0.25) is 14.5 Å². The number of primary amides is 1. The van der Waals surface area contributed by atoms with Crippen molar-refractivity contribution in [2.75, 3.05) is 19.6 Å². The zero-order chi connectivity index (χ0) is 15.0. The first-order chi connectivity index (χ1) is 10.0. The summed E-state index contributed by atoms with van der Waals surface area (Å²) in [6.45, 7) is 3.65. The SMILES string of the molecule is C[C@@H]1CN(CC(N)=O)C[C@H]1NC(=O)c1cc(C2CC2)on1. The number of aromatic nitrogens is 1. The minimum atomic E-state index is -0.347. The van der Waals surface area contributed by atoms with Gasteiger partial charge in [0.2, 0.25) is 5.91 Å². The van der Waals surface area contributed by atoms with Crippen molar-refractivity contribution in [3.8, 4) is 0 Å². The molecule has 2 amide bonds. The second-order valence-corrected chi connectivity index (χ2v) is 6.11. The monoisotopic (exact) mass is 292 g/mol. The lowest BCUT2D eigenvalue weighted by Gasteiger charge is -2.15. The van der Waals surface area contributed by atoms with Gasteiger partial charge in [0.1, 0.15) is 5.76 Å². The normalized spacial score (nSPS) is 26.0. The Morgan fingerprint density at radius 2 is 2.24 bits per heavy atom. The first-order valence-electron chi connectivity index (χ1n) is 7.31. The maximum atomic E-state index is 12.2. The van der Waals surface area contributed by atoms with Gasteiger partial charge in [0.25, 0.3) is 5.91 Å². The van der Waals surface area contributed by atoms with E-state index in [1.54, 1.807) is 6.07 Å². The second kappa shape index (κ2) is 5.48. The molecular weight excluding hydrogens is 272 g/mol. The van der Waals surface area contributed by atoms with Gasteiger partial charge in [-0.2, -0.15) is 0 Å². The van der Waals surface area contributed by atoms with Crippen molar-refractivity contribution in [2.24, 2.45) is 11.7 Å². The average molecular weight is 292 g/mol. The average Bonchev–Trinajstić information content (AvgIpc) is 3.04. The first-order valence-corrected chi connectivity index (χ1v) is 7.31. The molecule has 114 valence electrons. The number of nitrogens with zero attached hydrogens (tertiary/aromatic N) is 2. The highest BCUT2D eigenvalue weighted by atomic mass is 16.5. The third-order valence-corrected chi connectivity index (χ3v) is 4.12. The Balaban J connectivity index is 1.57. The lowest BCUT2D eigenvalue weighted by Crippen LogP contribution is -2.40. The lowest BCUT2D eigenvalue weighted by atomic mass is 10.1. The van der Waals surface area contributed by atoms with E-state index in [0.29, 0.717) is 18.2 Å². The molecule has 21 heavy (non-hydrogen) atoms. The van der Waals surface area contributed by atoms with Crippen LogP contribution in [0.3, 0.4) is 0 Å². The molecular formula is C14H20N4O3. The highest BCUT2D eigenvalue weighted by Gasteiger charge is 2.33. The Hall–Kier alpha value is -1.89. The van der Waals surface area contributed by atoms with Gasteiger partial charge in [-0.05, 0) is 18.8 Å². The van der Waals surface area contributed by atoms with E-state index >= 15 is 0 Å². The number of nitrogens with two attached hydrogens (primary N) is 1. The number of nitrogens with one attached hydrogen (secondary N) is 1. The summed E-state index contributed by atoms with van der Waals surface area (Å²) in [4.78, 5) is 25.1. The molecule has 1 saturated carbocycles. The first kappa shape index (κ1) is 14.1. The van der Waals surface area contributed by atoms with E-state index < -0.39 is 0 Å². The summed E-state index contributed by atoms with van der Waals surface area (Å²) in [6.07, 6.45) is 2.22. The van der Waals surface area contributed by atoms with Crippen molar-refractivity contribution in [2.45, 2.75) is 31.7 Å². The third-order valence-electron chi connectivity index (χ3n) is 4.12. The molecule has 1 aliphatic heterocycles. The van der Waals surface area contributed by atoms with Crippen LogP contribution in [0.25, 0.3) is 0 Å². The van der Waals surface area contributed by atoms with Crippen molar-refractivity contribution in [1.82, 2.24) is 15.4 Å². The van der Waals surface area contributed by atoms with Crippen LogP contribution in [-0.4, -0.2) is 47.5 Å². The fourth-order valence-corrected chi connectivity index (χ4v) is 2.80. The molecule has 2 aliphatic rings. The minimum absolute atomic E-state index is 0.00192. The van der Waals surface area contributed by atoms with Crippen molar-refractivity contribution < 1.29 is 14.1 Å². The van der Waals surface area contributed by atoms with E-state index in [-0.39, 0.29) is 30.3 Å². The van der Waals surface area contributed by atoms with E-state index in [0.717, 1.165) is 25.1 Å². The second-order valence-electron chi connectivity index (χ2n) is 6.11. The summed E-state index contributed by atoms with van der Waals surface area (Å²) in [6, 6.07) is 1.73. The molecule has 0 spiro atoms. The van der Waals surface area contributed by atoms with Gasteiger partial charge in [-0.25, -0.2) is 0 Å². The summed E-state index contributed by atoms with van der Waals surface area (Å²) in [5, 5.41) is 6.80. The van der Waals surface area contributed by atoms with Crippen LogP contribution < -0.4 is 11.1 Å². The number of amides is 2. The molecule has 3 N–H and O–H groups in total. The minimum Gasteiger partial charge on any atom is -0.369 e. The van der Waals surface area contributed by atoms with Crippen molar-refractivity contribution in [1.29, 1.82) is 0 Å². The summed E-state index contributed by atoms with van der Waals surface area (Å²) in [7, 11) is 0. The summed E-state index contributed by atoms with van der Waals surface area (Å²) in [5.41, 5.74) is 5.53. The molecule has 7 heteroatoms. The third kappa shape index (κ3) is 3.24. The van der Waals surface area contributed by atoms with Crippen LogP contribution in [0.4, 0.5) is 0 Å². The van der Waals surface area contributed by atoms with Crippen LogP contribution in [-0.2, 0) is 4.79 Å². The molecule has 0 unspecified atom stereocenters. The molecule has 0 bridgehead atoms. The lowest BCUT2D eigenvalue weighted by molar-refractivity contribution is -0.118. The predicted molar refractivity (Wildman–Crippen MR) is 74.5 cm³/mol. The van der Waals surface area contributed by atoms with Gasteiger partial charge in [-0.1, -0.05) is 12.1 Å². The van der Waals surface area contributed by atoms with Crippen LogP contribution in [0.2, 0.25) is 0 Å². The molecule has 2 fully saturated rings. The Morgan fingerprint density at radius 1 is 1.48 bits per heavy atom. The van der Waals surface area contributed by atoms with Crippen molar-refractivity contribution in [3.63, 3.8) is 0 Å². The molecule has 1 aromatic heterocycles. The van der Waals surface area contributed by atoms with Crippen LogP contribution in [0.5, 0.6) is 0 Å². The Morgan fingerprint density at radius 3 is 2.90 bits per heavy atom. The standard InChI is InChI=1S/C14H20N4O3/c1-8-5-18(7-13(15)19)6-11(8)16-14(20)10-4-12(21-17-10)9-2-3-9/h4,8-9,11H,2-3,5-7H2,1H3,(H2,15,19)(H,16,20)/t8-,11-/m1/s1. The Labute approximate surface area is 122 Å². The number of hydrogen-bond donors (Lipinski definition) is 2. The summed E-state index contributed by atoms with van der Waals surface area (Å²) in [5.74, 6) is 0.941.